The maximum Gasteiger partial charge on any atom is 0.300 e. The fourth-order valence-corrected chi connectivity index (χ4v) is 1.57. The van der Waals surface area contributed by atoms with Gasteiger partial charge in [-0.2, -0.15) is 0 Å². The number of carboxylic acid groups (broad SMARTS) is 1. The SMILES string of the molecule is CC(=O)O.O=C(c1ccccc1)c1ccccc1[N+](=O)[O-]. The van der Waals surface area contributed by atoms with Crippen LogP contribution in [0.3, 0.4) is 0 Å². The molecule has 0 unspecified atom stereocenters. The van der Waals surface area contributed by atoms with Crippen LogP contribution in [0.4, 0.5) is 5.69 Å². The minimum Gasteiger partial charge on any atom is -0.481 e. The first kappa shape index (κ1) is 16.0. The van der Waals surface area contributed by atoms with Gasteiger partial charge in [0.2, 0.25) is 0 Å². The molecule has 0 atom stereocenters. The van der Waals surface area contributed by atoms with E-state index in [1.807, 2.05) is 0 Å². The van der Waals surface area contributed by atoms with Gasteiger partial charge >= 0.3 is 0 Å². The molecule has 0 spiro atoms. The minimum atomic E-state index is -0.833. The van der Waals surface area contributed by atoms with Crippen LogP contribution in [0.25, 0.3) is 0 Å². The number of hydrogen-bond acceptors (Lipinski definition) is 4. The molecule has 0 fully saturated rings. The molecule has 0 aromatic heterocycles. The monoisotopic (exact) mass is 287 g/mol. The van der Waals surface area contributed by atoms with Crippen molar-refractivity contribution < 1.29 is 19.6 Å². The number of carbonyl (C=O) groups is 2. The van der Waals surface area contributed by atoms with E-state index in [1.165, 1.54) is 12.1 Å². The number of carbonyl (C=O) groups excluding carboxylic acids is 1. The zero-order valence-corrected chi connectivity index (χ0v) is 11.2. The predicted octanol–water partition coefficient (Wildman–Crippen LogP) is 2.92. The molecule has 0 aliphatic rings. The summed E-state index contributed by atoms with van der Waals surface area (Å²) in [5, 5.41) is 18.2. The third-order valence-corrected chi connectivity index (χ3v) is 2.38. The second kappa shape index (κ2) is 7.54. The fourth-order valence-electron chi connectivity index (χ4n) is 1.57. The van der Waals surface area contributed by atoms with E-state index in [9.17, 15) is 14.9 Å². The van der Waals surface area contributed by atoms with Crippen molar-refractivity contribution in [2.75, 3.05) is 0 Å². The molecule has 0 aliphatic carbocycles. The molecule has 6 heteroatoms. The van der Waals surface area contributed by atoms with E-state index in [1.54, 1.807) is 42.5 Å². The Morgan fingerprint density at radius 3 is 2.00 bits per heavy atom. The molecule has 0 radical (unpaired) electrons. The number of carboxylic acids is 1. The number of ketones is 1. The van der Waals surface area contributed by atoms with E-state index in [2.05, 4.69) is 0 Å². The van der Waals surface area contributed by atoms with Crippen LogP contribution in [-0.2, 0) is 4.79 Å². The second-order valence-corrected chi connectivity index (χ2v) is 3.99. The molecule has 0 saturated carbocycles. The largest absolute Gasteiger partial charge is 0.481 e. The van der Waals surface area contributed by atoms with Crippen LogP contribution in [-0.4, -0.2) is 21.8 Å². The van der Waals surface area contributed by atoms with Crippen molar-refractivity contribution in [1.29, 1.82) is 0 Å². The average molecular weight is 287 g/mol. The zero-order chi connectivity index (χ0) is 15.8. The summed E-state index contributed by atoms with van der Waals surface area (Å²) in [6, 6.07) is 14.5. The lowest BCUT2D eigenvalue weighted by Crippen LogP contribution is -2.04. The highest BCUT2D eigenvalue weighted by atomic mass is 16.6. The van der Waals surface area contributed by atoms with Gasteiger partial charge in [0.25, 0.3) is 11.7 Å². The molecule has 21 heavy (non-hydrogen) atoms. The molecule has 0 bridgehead atoms. The quantitative estimate of drug-likeness (QED) is 0.531. The first-order chi connectivity index (χ1) is 9.93. The van der Waals surface area contributed by atoms with Crippen molar-refractivity contribution in [2.45, 2.75) is 6.92 Å². The van der Waals surface area contributed by atoms with Gasteiger partial charge in [-0.05, 0) is 6.07 Å². The third-order valence-electron chi connectivity index (χ3n) is 2.38. The van der Waals surface area contributed by atoms with Crippen LogP contribution < -0.4 is 0 Å². The molecule has 0 saturated heterocycles. The number of nitrogens with zero attached hydrogens (tertiary/aromatic N) is 1. The molecular weight excluding hydrogens is 274 g/mol. The van der Waals surface area contributed by atoms with Crippen molar-refractivity contribution in [3.8, 4) is 0 Å². The Hall–Kier alpha value is -3.02. The van der Waals surface area contributed by atoms with Gasteiger partial charge in [0.05, 0.1) is 4.92 Å². The van der Waals surface area contributed by atoms with Crippen LogP contribution in [0.1, 0.15) is 22.8 Å². The minimum absolute atomic E-state index is 0.115. The van der Waals surface area contributed by atoms with Gasteiger partial charge < -0.3 is 5.11 Å². The van der Waals surface area contributed by atoms with Crippen LogP contribution in [0.15, 0.2) is 54.6 Å². The Morgan fingerprint density at radius 2 is 1.48 bits per heavy atom. The summed E-state index contributed by atoms with van der Waals surface area (Å²) >= 11 is 0. The number of hydrogen-bond donors (Lipinski definition) is 1. The summed E-state index contributed by atoms with van der Waals surface area (Å²) in [5.74, 6) is -1.17. The number of benzene rings is 2. The molecular formula is C15H13NO5. The lowest BCUT2D eigenvalue weighted by Gasteiger charge is -2.01. The highest BCUT2D eigenvalue weighted by Crippen LogP contribution is 2.20. The maximum atomic E-state index is 12.1. The summed E-state index contributed by atoms with van der Waals surface area (Å²) in [5.41, 5.74) is 0.395. The molecule has 0 aliphatic heterocycles. The van der Waals surface area contributed by atoms with Gasteiger partial charge in [-0.25, -0.2) is 0 Å². The first-order valence-corrected chi connectivity index (χ1v) is 5.96. The van der Waals surface area contributed by atoms with Gasteiger partial charge in [-0.3, -0.25) is 19.7 Å². The van der Waals surface area contributed by atoms with Crippen molar-refractivity contribution in [3.63, 3.8) is 0 Å². The van der Waals surface area contributed by atoms with Gasteiger partial charge in [-0.15, -0.1) is 0 Å². The van der Waals surface area contributed by atoms with Crippen LogP contribution >= 0.6 is 0 Å². The Balaban J connectivity index is 0.000000491. The average Bonchev–Trinajstić information content (AvgIpc) is 2.47. The predicted molar refractivity (Wildman–Crippen MR) is 76.3 cm³/mol. The third kappa shape index (κ3) is 4.87. The first-order valence-electron chi connectivity index (χ1n) is 5.96. The summed E-state index contributed by atoms with van der Waals surface area (Å²) in [4.78, 5) is 31.3. The second-order valence-electron chi connectivity index (χ2n) is 3.99. The molecule has 2 aromatic carbocycles. The lowest BCUT2D eigenvalue weighted by molar-refractivity contribution is -0.385. The van der Waals surface area contributed by atoms with Gasteiger partial charge in [0, 0.05) is 18.6 Å². The Morgan fingerprint density at radius 1 is 1.00 bits per heavy atom. The van der Waals surface area contributed by atoms with Crippen LogP contribution in [0.5, 0.6) is 0 Å². The summed E-state index contributed by atoms with van der Waals surface area (Å²) in [6.45, 7) is 1.08. The van der Waals surface area contributed by atoms with Crippen LogP contribution in [0, 0.1) is 10.1 Å². The number of nitro benzene ring substituents is 1. The Kier molecular flexibility index (Phi) is 5.76. The molecule has 108 valence electrons. The number of rotatable bonds is 3. The van der Waals surface area contributed by atoms with Crippen molar-refractivity contribution in [3.05, 3.63) is 75.8 Å². The highest BCUT2D eigenvalue weighted by molar-refractivity contribution is 6.11. The highest BCUT2D eigenvalue weighted by Gasteiger charge is 2.19. The van der Waals surface area contributed by atoms with E-state index in [0.29, 0.717) is 5.56 Å². The lowest BCUT2D eigenvalue weighted by atomic mass is 10.0. The molecule has 6 nitrogen and oxygen atoms in total. The van der Waals surface area contributed by atoms with E-state index in [-0.39, 0.29) is 17.0 Å². The maximum absolute atomic E-state index is 12.1. The molecule has 2 aromatic rings. The van der Waals surface area contributed by atoms with Gasteiger partial charge in [0.1, 0.15) is 5.56 Å². The Labute approximate surface area is 120 Å². The molecule has 0 amide bonds. The van der Waals surface area contributed by atoms with Crippen molar-refractivity contribution in [1.82, 2.24) is 0 Å². The number of para-hydroxylation sites is 1. The van der Waals surface area contributed by atoms with E-state index in [0.717, 1.165) is 6.92 Å². The fraction of sp³-hybridized carbons (Fsp3) is 0.0667. The van der Waals surface area contributed by atoms with Crippen molar-refractivity contribution in [2.24, 2.45) is 0 Å². The number of aliphatic carboxylic acids is 1. The summed E-state index contributed by atoms with van der Waals surface area (Å²) in [6.07, 6.45) is 0. The zero-order valence-electron chi connectivity index (χ0n) is 11.2. The summed E-state index contributed by atoms with van der Waals surface area (Å²) < 4.78 is 0. The van der Waals surface area contributed by atoms with Crippen molar-refractivity contribution >= 4 is 17.4 Å². The van der Waals surface area contributed by atoms with Gasteiger partial charge in [0.15, 0.2) is 5.78 Å². The standard InChI is InChI=1S/C13H9NO3.C2H4O2/c15-13(10-6-2-1-3-7-10)11-8-4-5-9-12(11)14(16)17;1-2(3)4/h1-9H;1H3,(H,3,4). The molecule has 0 heterocycles. The normalized spacial score (nSPS) is 9.19. The van der Waals surface area contributed by atoms with E-state index < -0.39 is 10.9 Å². The van der Waals surface area contributed by atoms with E-state index >= 15 is 0 Å². The molecule has 1 N–H and O–H groups in total. The van der Waals surface area contributed by atoms with Gasteiger partial charge in [-0.1, -0.05) is 42.5 Å². The summed E-state index contributed by atoms with van der Waals surface area (Å²) in [7, 11) is 0. The molecule has 2 rings (SSSR count). The number of nitro groups is 1. The van der Waals surface area contributed by atoms with E-state index in [4.69, 9.17) is 9.90 Å². The van der Waals surface area contributed by atoms with Crippen LogP contribution in [0.2, 0.25) is 0 Å². The topological polar surface area (TPSA) is 97.5 Å². The smallest absolute Gasteiger partial charge is 0.300 e. The Bertz CT molecular complexity index is 648.